The molecule has 6 heteroatoms. The van der Waals surface area contributed by atoms with Gasteiger partial charge in [0.15, 0.2) is 5.82 Å². The fourth-order valence-corrected chi connectivity index (χ4v) is 2.85. The van der Waals surface area contributed by atoms with Gasteiger partial charge in [-0.1, -0.05) is 53.6 Å². The lowest BCUT2D eigenvalue weighted by Crippen LogP contribution is -2.27. The highest BCUT2D eigenvalue weighted by molar-refractivity contribution is 6.30. The van der Waals surface area contributed by atoms with E-state index in [-0.39, 0.29) is 5.91 Å². The molecule has 2 N–H and O–H groups in total. The summed E-state index contributed by atoms with van der Waals surface area (Å²) in [6, 6.07) is 15.6. The Morgan fingerprint density at radius 3 is 2.73 bits per heavy atom. The van der Waals surface area contributed by atoms with Crippen LogP contribution in [0.25, 0.3) is 0 Å². The van der Waals surface area contributed by atoms with E-state index in [4.69, 9.17) is 11.6 Å². The highest BCUT2D eigenvalue weighted by atomic mass is 35.5. The summed E-state index contributed by atoms with van der Waals surface area (Å²) >= 11 is 5.99. The third-order valence-electron chi connectivity index (χ3n) is 3.99. The van der Waals surface area contributed by atoms with E-state index in [1.54, 1.807) is 0 Å². The fraction of sp³-hybridized carbons (Fsp3) is 0.250. The van der Waals surface area contributed by atoms with Crippen LogP contribution in [0.1, 0.15) is 28.3 Å². The molecule has 5 nitrogen and oxygen atoms in total. The number of halogens is 1. The summed E-state index contributed by atoms with van der Waals surface area (Å²) in [6.45, 7) is 2.54. The van der Waals surface area contributed by atoms with Crippen LogP contribution < -0.4 is 5.32 Å². The van der Waals surface area contributed by atoms with Crippen molar-refractivity contribution in [2.24, 2.45) is 0 Å². The predicted octanol–water partition coefficient (Wildman–Crippen LogP) is 3.26. The molecule has 0 radical (unpaired) electrons. The van der Waals surface area contributed by atoms with Gasteiger partial charge in [0.2, 0.25) is 5.91 Å². The van der Waals surface area contributed by atoms with Crippen LogP contribution in [0.3, 0.4) is 0 Å². The summed E-state index contributed by atoms with van der Waals surface area (Å²) in [4.78, 5) is 16.5. The first-order chi connectivity index (χ1) is 12.6. The normalized spacial score (nSPS) is 10.7. The zero-order valence-corrected chi connectivity index (χ0v) is 15.4. The van der Waals surface area contributed by atoms with Crippen LogP contribution in [0.15, 0.2) is 48.5 Å². The van der Waals surface area contributed by atoms with Gasteiger partial charge >= 0.3 is 0 Å². The molecule has 3 rings (SSSR count). The number of aromatic nitrogens is 3. The lowest BCUT2D eigenvalue weighted by atomic mass is 10.1. The van der Waals surface area contributed by atoms with Gasteiger partial charge in [0.1, 0.15) is 5.82 Å². The summed E-state index contributed by atoms with van der Waals surface area (Å²) < 4.78 is 0. The Bertz CT molecular complexity index is 874. The van der Waals surface area contributed by atoms with Crippen molar-refractivity contribution in [2.75, 3.05) is 6.54 Å². The van der Waals surface area contributed by atoms with E-state index in [0.717, 1.165) is 17.0 Å². The molecule has 0 atom stereocenters. The molecule has 3 aromatic rings. The molecule has 26 heavy (non-hydrogen) atoms. The van der Waals surface area contributed by atoms with Crippen LogP contribution in [0.2, 0.25) is 5.02 Å². The fourth-order valence-electron chi connectivity index (χ4n) is 2.63. The molecular formula is C20H21ClN4O. The molecule has 0 aliphatic rings. The molecule has 134 valence electrons. The number of aryl methyl sites for hydroxylation is 1. The summed E-state index contributed by atoms with van der Waals surface area (Å²) in [7, 11) is 0. The number of H-pyrrole nitrogens is 1. The Morgan fingerprint density at radius 1 is 1.15 bits per heavy atom. The lowest BCUT2D eigenvalue weighted by Gasteiger charge is -2.04. The van der Waals surface area contributed by atoms with Crippen molar-refractivity contribution in [3.63, 3.8) is 0 Å². The second-order valence-corrected chi connectivity index (χ2v) is 6.70. The minimum Gasteiger partial charge on any atom is -0.355 e. The van der Waals surface area contributed by atoms with Gasteiger partial charge in [-0.05, 0) is 30.2 Å². The van der Waals surface area contributed by atoms with E-state index in [1.807, 2.05) is 55.5 Å². The average Bonchev–Trinajstić information content (AvgIpc) is 3.04. The first-order valence-corrected chi connectivity index (χ1v) is 8.93. The quantitative estimate of drug-likeness (QED) is 0.672. The number of rotatable bonds is 7. The van der Waals surface area contributed by atoms with Crippen LogP contribution >= 0.6 is 11.6 Å². The Morgan fingerprint density at radius 2 is 1.96 bits per heavy atom. The Labute approximate surface area is 157 Å². The molecule has 1 amide bonds. The summed E-state index contributed by atoms with van der Waals surface area (Å²) in [5.74, 6) is 1.48. The third-order valence-corrected chi connectivity index (χ3v) is 4.23. The van der Waals surface area contributed by atoms with Crippen molar-refractivity contribution in [3.05, 3.63) is 81.9 Å². The van der Waals surface area contributed by atoms with Crippen LogP contribution in [-0.4, -0.2) is 27.6 Å². The largest absolute Gasteiger partial charge is 0.355 e. The smallest absolute Gasteiger partial charge is 0.224 e. The van der Waals surface area contributed by atoms with Crippen molar-refractivity contribution in [3.8, 4) is 0 Å². The second kappa shape index (κ2) is 8.63. The molecular weight excluding hydrogens is 348 g/mol. The standard InChI is InChI=1S/C20H21ClN4O/c1-14-5-7-15(8-6-14)13-20(26)22-10-9-18-23-19(25-24-18)12-16-3-2-4-17(21)11-16/h2-8,11H,9-10,12-13H2,1H3,(H,22,26)(H,23,24,25). The first kappa shape index (κ1) is 18.1. The Balaban J connectivity index is 1.44. The van der Waals surface area contributed by atoms with Gasteiger partial charge in [0.05, 0.1) is 6.42 Å². The van der Waals surface area contributed by atoms with Gasteiger partial charge in [0, 0.05) is 24.4 Å². The van der Waals surface area contributed by atoms with Crippen molar-refractivity contribution in [2.45, 2.75) is 26.2 Å². The molecule has 0 saturated carbocycles. The SMILES string of the molecule is Cc1ccc(CC(=O)NCCc2n[nH]c(Cc3cccc(Cl)c3)n2)cc1. The molecule has 0 aliphatic heterocycles. The topological polar surface area (TPSA) is 70.7 Å². The number of aromatic amines is 1. The second-order valence-electron chi connectivity index (χ2n) is 6.27. The maximum absolute atomic E-state index is 12.0. The monoisotopic (exact) mass is 368 g/mol. The van der Waals surface area contributed by atoms with Gasteiger partial charge < -0.3 is 5.32 Å². The number of carbonyl (C=O) groups excluding carboxylic acids is 1. The zero-order chi connectivity index (χ0) is 18.4. The van der Waals surface area contributed by atoms with Crippen LogP contribution in [0.4, 0.5) is 0 Å². The number of nitrogens with zero attached hydrogens (tertiary/aromatic N) is 2. The number of carbonyl (C=O) groups is 1. The molecule has 1 aromatic heterocycles. The average molecular weight is 369 g/mol. The molecule has 0 spiro atoms. The van der Waals surface area contributed by atoms with E-state index in [0.29, 0.717) is 36.7 Å². The van der Waals surface area contributed by atoms with Crippen molar-refractivity contribution < 1.29 is 4.79 Å². The molecule has 2 aromatic carbocycles. The Hall–Kier alpha value is -2.66. The molecule has 0 unspecified atom stereocenters. The van der Waals surface area contributed by atoms with Crippen molar-refractivity contribution in [1.29, 1.82) is 0 Å². The van der Waals surface area contributed by atoms with Crippen LogP contribution in [0, 0.1) is 6.92 Å². The minimum atomic E-state index is 0.00328. The summed E-state index contributed by atoms with van der Waals surface area (Å²) in [6.07, 6.45) is 1.62. The van der Waals surface area contributed by atoms with Crippen LogP contribution in [0.5, 0.6) is 0 Å². The predicted molar refractivity (Wildman–Crippen MR) is 102 cm³/mol. The first-order valence-electron chi connectivity index (χ1n) is 8.55. The summed E-state index contributed by atoms with van der Waals surface area (Å²) in [5.41, 5.74) is 3.27. The van der Waals surface area contributed by atoms with Gasteiger partial charge in [-0.15, -0.1) is 0 Å². The number of hydrogen-bond donors (Lipinski definition) is 2. The minimum absolute atomic E-state index is 0.00328. The molecule has 1 heterocycles. The number of benzene rings is 2. The molecule has 0 fully saturated rings. The lowest BCUT2D eigenvalue weighted by molar-refractivity contribution is -0.120. The van der Waals surface area contributed by atoms with Gasteiger partial charge in [-0.3, -0.25) is 9.89 Å². The Kier molecular flexibility index (Phi) is 6.02. The van der Waals surface area contributed by atoms with E-state index >= 15 is 0 Å². The third kappa shape index (κ3) is 5.43. The van der Waals surface area contributed by atoms with E-state index in [1.165, 1.54) is 5.56 Å². The zero-order valence-electron chi connectivity index (χ0n) is 14.6. The highest BCUT2D eigenvalue weighted by Crippen LogP contribution is 2.13. The van der Waals surface area contributed by atoms with Gasteiger partial charge in [-0.25, -0.2) is 4.98 Å². The molecule has 0 saturated heterocycles. The number of nitrogens with one attached hydrogen (secondary N) is 2. The molecule has 0 aliphatic carbocycles. The summed E-state index contributed by atoms with van der Waals surface area (Å²) in [5, 5.41) is 10.8. The van der Waals surface area contributed by atoms with E-state index < -0.39 is 0 Å². The highest BCUT2D eigenvalue weighted by Gasteiger charge is 2.07. The van der Waals surface area contributed by atoms with Crippen molar-refractivity contribution >= 4 is 17.5 Å². The van der Waals surface area contributed by atoms with Gasteiger partial charge in [-0.2, -0.15) is 5.10 Å². The maximum atomic E-state index is 12.0. The van der Waals surface area contributed by atoms with E-state index in [9.17, 15) is 4.79 Å². The maximum Gasteiger partial charge on any atom is 0.224 e. The van der Waals surface area contributed by atoms with Crippen LogP contribution in [-0.2, 0) is 24.1 Å². The number of amides is 1. The van der Waals surface area contributed by atoms with Gasteiger partial charge in [0.25, 0.3) is 0 Å². The molecule has 0 bridgehead atoms. The van der Waals surface area contributed by atoms with Crippen molar-refractivity contribution in [1.82, 2.24) is 20.5 Å². The van der Waals surface area contributed by atoms with E-state index in [2.05, 4.69) is 20.5 Å². The number of hydrogen-bond acceptors (Lipinski definition) is 3.